The van der Waals surface area contributed by atoms with E-state index < -0.39 is 17.8 Å². The number of rotatable bonds is 1. The Hall–Kier alpha value is 0.170. The molecule has 0 spiro atoms. The average molecular weight is 154 g/mol. The lowest BCUT2D eigenvalue weighted by molar-refractivity contribution is -0.00918. The van der Waals surface area contributed by atoms with Gasteiger partial charge in [-0.25, -0.2) is 8.78 Å². The third kappa shape index (κ3) is 1.35. The molecule has 0 aromatic rings. The van der Waals surface area contributed by atoms with Crippen molar-refractivity contribution >= 4 is 11.8 Å². The summed E-state index contributed by atoms with van der Waals surface area (Å²) in [5, 5.41) is 7.55. The van der Waals surface area contributed by atoms with Gasteiger partial charge in [-0.2, -0.15) is 0 Å². The predicted molar refractivity (Wildman–Crippen MR) is 32.9 cm³/mol. The number of aliphatic hydroxyl groups is 1. The third-order valence-electron chi connectivity index (χ3n) is 1.39. The Morgan fingerprint density at radius 2 is 2.33 bits per heavy atom. The second-order valence-electron chi connectivity index (χ2n) is 2.05. The molecule has 0 amide bonds. The van der Waals surface area contributed by atoms with Gasteiger partial charge in [-0.3, -0.25) is 0 Å². The van der Waals surface area contributed by atoms with Gasteiger partial charge < -0.3 is 5.11 Å². The van der Waals surface area contributed by atoms with Gasteiger partial charge in [0.2, 0.25) is 0 Å². The molecule has 0 aliphatic carbocycles. The first-order valence-electron chi connectivity index (χ1n) is 2.77. The molecular weight excluding hydrogens is 146 g/mol. The molecular formula is C5H8F2OS. The lowest BCUT2D eigenvalue weighted by Gasteiger charge is -2.14. The van der Waals surface area contributed by atoms with Crippen LogP contribution in [0.4, 0.5) is 8.78 Å². The molecule has 0 saturated carbocycles. The number of hydrogen-bond acceptors (Lipinski definition) is 2. The van der Waals surface area contributed by atoms with E-state index in [4.69, 9.17) is 5.11 Å². The molecule has 1 aliphatic rings. The van der Waals surface area contributed by atoms with Crippen molar-refractivity contribution in [3.63, 3.8) is 0 Å². The van der Waals surface area contributed by atoms with Crippen LogP contribution >= 0.6 is 11.8 Å². The molecule has 1 aliphatic heterocycles. The van der Waals surface area contributed by atoms with Crippen molar-refractivity contribution in [3.05, 3.63) is 0 Å². The quantitative estimate of drug-likeness (QED) is 0.610. The topological polar surface area (TPSA) is 20.2 Å². The summed E-state index contributed by atoms with van der Waals surface area (Å²) in [5.74, 6) is -2.16. The van der Waals surface area contributed by atoms with Crippen LogP contribution < -0.4 is 0 Å². The van der Waals surface area contributed by atoms with Gasteiger partial charge in [-0.1, -0.05) is 0 Å². The van der Waals surface area contributed by atoms with E-state index in [9.17, 15) is 8.78 Å². The highest BCUT2D eigenvalue weighted by molar-refractivity contribution is 8.00. The van der Waals surface area contributed by atoms with Crippen molar-refractivity contribution in [2.24, 2.45) is 0 Å². The Morgan fingerprint density at radius 1 is 1.67 bits per heavy atom. The second kappa shape index (κ2) is 2.42. The van der Waals surface area contributed by atoms with Crippen LogP contribution in [0.3, 0.4) is 0 Å². The summed E-state index contributed by atoms with van der Waals surface area (Å²) >= 11 is 1.15. The zero-order valence-electron chi connectivity index (χ0n) is 4.81. The number of thioether (sulfide) groups is 1. The Balaban J connectivity index is 2.52. The van der Waals surface area contributed by atoms with Crippen molar-refractivity contribution in [2.75, 3.05) is 12.4 Å². The van der Waals surface area contributed by atoms with Crippen LogP contribution in [0.5, 0.6) is 0 Å². The van der Waals surface area contributed by atoms with Crippen molar-refractivity contribution in [1.82, 2.24) is 0 Å². The van der Waals surface area contributed by atoms with Crippen LogP contribution in [0.15, 0.2) is 0 Å². The molecule has 1 N–H and O–H groups in total. The van der Waals surface area contributed by atoms with Crippen LogP contribution in [0.25, 0.3) is 0 Å². The van der Waals surface area contributed by atoms with Crippen LogP contribution in [0.1, 0.15) is 6.42 Å². The van der Waals surface area contributed by atoms with Gasteiger partial charge in [0.25, 0.3) is 5.92 Å². The van der Waals surface area contributed by atoms with E-state index in [0.29, 0.717) is 5.75 Å². The number of halogens is 2. The summed E-state index contributed by atoms with van der Waals surface area (Å²) in [6.07, 6.45) is -0.0805. The number of alkyl halides is 2. The monoisotopic (exact) mass is 154 g/mol. The van der Waals surface area contributed by atoms with E-state index in [0.717, 1.165) is 11.8 Å². The van der Waals surface area contributed by atoms with Gasteiger partial charge >= 0.3 is 0 Å². The maximum Gasteiger partial charge on any atom is 0.262 e. The standard InChI is InChI=1S/C5H8F2OS/c6-5(7)1-2-9-4(5)3-8/h4,8H,1-3H2/t4-/m0/s1. The fraction of sp³-hybridized carbons (Fsp3) is 1.00. The second-order valence-corrected chi connectivity index (χ2v) is 3.36. The maximum atomic E-state index is 12.4. The first-order chi connectivity index (χ1) is 4.17. The maximum absolute atomic E-state index is 12.4. The van der Waals surface area contributed by atoms with E-state index in [1.165, 1.54) is 0 Å². The van der Waals surface area contributed by atoms with E-state index in [1.54, 1.807) is 0 Å². The molecule has 1 saturated heterocycles. The predicted octanol–water partition coefficient (Wildman–Crippen LogP) is 1.12. The number of aliphatic hydroxyl groups excluding tert-OH is 1. The molecule has 1 atom stereocenters. The zero-order chi connectivity index (χ0) is 6.91. The molecule has 0 bridgehead atoms. The lowest BCUT2D eigenvalue weighted by Crippen LogP contribution is -2.28. The largest absolute Gasteiger partial charge is 0.395 e. The summed E-state index contributed by atoms with van der Waals surface area (Å²) in [6, 6.07) is 0. The van der Waals surface area contributed by atoms with Crippen molar-refractivity contribution in [1.29, 1.82) is 0 Å². The Labute approximate surface area is 56.4 Å². The molecule has 1 nitrogen and oxygen atoms in total. The van der Waals surface area contributed by atoms with Gasteiger partial charge in [0.05, 0.1) is 11.9 Å². The van der Waals surface area contributed by atoms with E-state index >= 15 is 0 Å². The van der Waals surface area contributed by atoms with Gasteiger partial charge in [0, 0.05) is 6.42 Å². The van der Waals surface area contributed by atoms with Crippen LogP contribution in [-0.4, -0.2) is 28.6 Å². The number of hydrogen-bond donors (Lipinski definition) is 1. The van der Waals surface area contributed by atoms with Crippen LogP contribution in [0.2, 0.25) is 0 Å². The molecule has 1 heterocycles. The summed E-state index contributed by atoms with van der Waals surface area (Å²) in [7, 11) is 0. The van der Waals surface area contributed by atoms with E-state index in [-0.39, 0.29) is 6.42 Å². The normalized spacial score (nSPS) is 33.0. The molecule has 0 aromatic heterocycles. The Kier molecular flexibility index (Phi) is 1.96. The highest BCUT2D eigenvalue weighted by atomic mass is 32.2. The Bertz CT molecular complexity index is 107. The highest BCUT2D eigenvalue weighted by Gasteiger charge is 2.43. The van der Waals surface area contributed by atoms with Gasteiger partial charge in [-0.05, 0) is 5.75 Å². The lowest BCUT2D eigenvalue weighted by atomic mass is 10.2. The summed E-state index contributed by atoms with van der Waals surface area (Å²) < 4.78 is 24.9. The minimum atomic E-state index is -2.63. The molecule has 9 heavy (non-hydrogen) atoms. The van der Waals surface area contributed by atoms with Crippen molar-refractivity contribution < 1.29 is 13.9 Å². The fourth-order valence-electron chi connectivity index (χ4n) is 0.806. The Morgan fingerprint density at radius 3 is 2.56 bits per heavy atom. The molecule has 0 radical (unpaired) electrons. The van der Waals surface area contributed by atoms with Crippen LogP contribution in [0, 0.1) is 0 Å². The van der Waals surface area contributed by atoms with Gasteiger partial charge in [0.15, 0.2) is 0 Å². The molecule has 1 rings (SSSR count). The molecule has 54 valence electrons. The average Bonchev–Trinajstić information content (AvgIpc) is 2.08. The van der Waals surface area contributed by atoms with E-state index in [1.807, 2.05) is 0 Å². The molecule has 1 fully saturated rings. The highest BCUT2D eigenvalue weighted by Crippen LogP contribution is 2.39. The minimum absolute atomic E-state index is 0.0805. The smallest absolute Gasteiger partial charge is 0.262 e. The first-order valence-corrected chi connectivity index (χ1v) is 3.82. The zero-order valence-corrected chi connectivity index (χ0v) is 5.63. The van der Waals surface area contributed by atoms with Crippen molar-refractivity contribution in [2.45, 2.75) is 17.6 Å². The van der Waals surface area contributed by atoms with Gasteiger partial charge in [-0.15, -0.1) is 11.8 Å². The summed E-state index contributed by atoms with van der Waals surface area (Å²) in [4.78, 5) is 0. The first kappa shape index (κ1) is 7.28. The molecule has 0 aromatic carbocycles. The minimum Gasteiger partial charge on any atom is -0.395 e. The van der Waals surface area contributed by atoms with E-state index in [2.05, 4.69) is 0 Å². The van der Waals surface area contributed by atoms with Crippen LogP contribution in [-0.2, 0) is 0 Å². The SMILES string of the molecule is OC[C@@H]1SCCC1(F)F. The summed E-state index contributed by atoms with van der Waals surface area (Å²) in [6.45, 7) is -0.405. The fourth-order valence-corrected chi connectivity index (χ4v) is 1.95. The molecule has 0 unspecified atom stereocenters. The molecule has 4 heteroatoms. The van der Waals surface area contributed by atoms with Gasteiger partial charge in [0.1, 0.15) is 0 Å². The summed E-state index contributed by atoms with van der Waals surface area (Å²) in [5.41, 5.74) is 0. The third-order valence-corrected chi connectivity index (χ3v) is 2.73. The van der Waals surface area contributed by atoms with Crippen molar-refractivity contribution in [3.8, 4) is 0 Å².